The van der Waals surface area contributed by atoms with Gasteiger partial charge in [-0.1, -0.05) is 43.0 Å². The van der Waals surface area contributed by atoms with E-state index in [1.807, 2.05) is 48.5 Å². The Morgan fingerprint density at radius 1 is 1.04 bits per heavy atom. The molecule has 0 unspecified atom stereocenters. The molecule has 4 nitrogen and oxygen atoms in total. The number of hydroxylamine groups is 1. The fraction of sp³-hybridized carbons (Fsp3) is 0.286. The smallest absolute Gasteiger partial charge is 0.247 e. The van der Waals surface area contributed by atoms with Gasteiger partial charge < -0.3 is 4.74 Å². The minimum Gasteiger partial charge on any atom is -0.497 e. The zero-order valence-electron chi connectivity index (χ0n) is 14.7. The summed E-state index contributed by atoms with van der Waals surface area (Å²) < 4.78 is 5.09. The highest BCUT2D eigenvalue weighted by atomic mass is 16.6. The number of hydrogen-bond donors (Lipinski definition) is 1. The summed E-state index contributed by atoms with van der Waals surface area (Å²) in [6.07, 6.45) is 2.23. The van der Waals surface area contributed by atoms with Crippen LogP contribution in [-0.4, -0.2) is 13.0 Å². The number of ether oxygens (including phenoxy) is 1. The topological polar surface area (TPSA) is 47.6 Å². The maximum Gasteiger partial charge on any atom is 0.247 e. The maximum absolute atomic E-state index is 11.9. The molecule has 0 aliphatic rings. The van der Waals surface area contributed by atoms with E-state index in [9.17, 15) is 4.79 Å². The summed E-state index contributed by atoms with van der Waals surface area (Å²) in [5.41, 5.74) is 5.33. The standard InChI is InChI=1S/C21H23NO3/c1-3-4-5-6-17-7-9-19(10-8-17)16-25-22-21(23)15-18-11-13-20(24-2)14-12-18/h7-14H,3-4,15-16H2,1-2H3,(H,22,23). The Labute approximate surface area is 149 Å². The maximum atomic E-state index is 11.9. The molecule has 0 spiro atoms. The quantitative estimate of drug-likeness (QED) is 0.620. The highest BCUT2D eigenvalue weighted by molar-refractivity contribution is 5.77. The predicted molar refractivity (Wildman–Crippen MR) is 97.9 cm³/mol. The molecular formula is C21H23NO3. The third-order valence-electron chi connectivity index (χ3n) is 3.51. The number of unbranched alkanes of at least 4 members (excludes halogenated alkanes) is 1. The molecule has 1 amide bonds. The van der Waals surface area contributed by atoms with Gasteiger partial charge in [-0.05, 0) is 41.8 Å². The second kappa shape index (κ2) is 10.2. The highest BCUT2D eigenvalue weighted by Gasteiger charge is 2.04. The number of methoxy groups -OCH3 is 1. The van der Waals surface area contributed by atoms with Crippen molar-refractivity contribution in [2.75, 3.05) is 7.11 Å². The van der Waals surface area contributed by atoms with Crippen LogP contribution in [0.2, 0.25) is 0 Å². The average Bonchev–Trinajstić information content (AvgIpc) is 2.64. The van der Waals surface area contributed by atoms with E-state index >= 15 is 0 Å². The van der Waals surface area contributed by atoms with Crippen LogP contribution in [0.15, 0.2) is 48.5 Å². The molecule has 0 saturated heterocycles. The molecule has 2 rings (SSSR count). The Morgan fingerprint density at radius 2 is 1.72 bits per heavy atom. The van der Waals surface area contributed by atoms with Gasteiger partial charge >= 0.3 is 0 Å². The number of rotatable bonds is 7. The molecule has 2 aromatic carbocycles. The van der Waals surface area contributed by atoms with Gasteiger partial charge in [-0.15, -0.1) is 0 Å². The molecule has 1 N–H and O–H groups in total. The second-order valence-corrected chi connectivity index (χ2v) is 5.59. The summed E-state index contributed by atoms with van der Waals surface area (Å²) >= 11 is 0. The summed E-state index contributed by atoms with van der Waals surface area (Å²) in [4.78, 5) is 17.1. The molecule has 0 heterocycles. The highest BCUT2D eigenvalue weighted by Crippen LogP contribution is 2.11. The van der Waals surface area contributed by atoms with Crippen molar-refractivity contribution in [1.29, 1.82) is 0 Å². The average molecular weight is 337 g/mol. The normalized spacial score (nSPS) is 9.84. The molecule has 0 aliphatic heterocycles. The van der Waals surface area contributed by atoms with Gasteiger partial charge in [0.05, 0.1) is 20.1 Å². The molecule has 25 heavy (non-hydrogen) atoms. The van der Waals surface area contributed by atoms with Gasteiger partial charge in [-0.25, -0.2) is 5.48 Å². The van der Waals surface area contributed by atoms with Gasteiger partial charge in [-0.3, -0.25) is 9.63 Å². The van der Waals surface area contributed by atoms with Gasteiger partial charge in [0.2, 0.25) is 5.91 Å². The van der Waals surface area contributed by atoms with E-state index in [4.69, 9.17) is 9.57 Å². The molecule has 4 heteroatoms. The van der Waals surface area contributed by atoms with E-state index in [0.29, 0.717) is 6.61 Å². The molecule has 0 radical (unpaired) electrons. The number of carbonyl (C=O) groups excluding carboxylic acids is 1. The van der Waals surface area contributed by atoms with Gasteiger partial charge in [0.1, 0.15) is 5.75 Å². The van der Waals surface area contributed by atoms with Crippen LogP contribution in [-0.2, 0) is 22.7 Å². The lowest BCUT2D eigenvalue weighted by molar-refractivity contribution is -0.133. The van der Waals surface area contributed by atoms with Gasteiger partial charge in [-0.2, -0.15) is 0 Å². The fourth-order valence-electron chi connectivity index (χ4n) is 2.14. The lowest BCUT2D eigenvalue weighted by atomic mass is 10.1. The van der Waals surface area contributed by atoms with Crippen LogP contribution >= 0.6 is 0 Å². The first-order chi connectivity index (χ1) is 12.2. The van der Waals surface area contributed by atoms with Crippen molar-refractivity contribution in [2.45, 2.75) is 32.8 Å². The zero-order chi connectivity index (χ0) is 17.9. The van der Waals surface area contributed by atoms with Crippen molar-refractivity contribution >= 4 is 5.91 Å². The summed E-state index contributed by atoms with van der Waals surface area (Å²) in [5, 5.41) is 0. The number of benzene rings is 2. The molecule has 0 bridgehead atoms. The van der Waals surface area contributed by atoms with Crippen LogP contribution in [0.5, 0.6) is 5.75 Å². The molecule has 2 aromatic rings. The lowest BCUT2D eigenvalue weighted by Gasteiger charge is -2.07. The van der Waals surface area contributed by atoms with E-state index in [-0.39, 0.29) is 12.3 Å². The Kier molecular flexibility index (Phi) is 7.55. The number of hydrogen-bond acceptors (Lipinski definition) is 3. The summed E-state index contributed by atoms with van der Waals surface area (Å²) in [5.74, 6) is 6.81. The van der Waals surface area contributed by atoms with Crippen molar-refractivity contribution in [3.63, 3.8) is 0 Å². The van der Waals surface area contributed by atoms with Crippen LogP contribution in [0.1, 0.15) is 36.5 Å². The third-order valence-corrected chi connectivity index (χ3v) is 3.51. The molecule has 0 aliphatic carbocycles. The van der Waals surface area contributed by atoms with Gasteiger partial charge in [0, 0.05) is 12.0 Å². The molecule has 0 fully saturated rings. The van der Waals surface area contributed by atoms with Crippen molar-refractivity contribution in [3.05, 3.63) is 65.2 Å². The lowest BCUT2D eigenvalue weighted by Crippen LogP contribution is -2.25. The number of amides is 1. The summed E-state index contributed by atoms with van der Waals surface area (Å²) in [6, 6.07) is 15.2. The Balaban J connectivity index is 1.74. The van der Waals surface area contributed by atoms with Crippen molar-refractivity contribution in [3.8, 4) is 17.6 Å². The molecule has 0 saturated carbocycles. The van der Waals surface area contributed by atoms with Crippen molar-refractivity contribution in [1.82, 2.24) is 5.48 Å². The van der Waals surface area contributed by atoms with Crippen LogP contribution in [0.4, 0.5) is 0 Å². The van der Waals surface area contributed by atoms with E-state index < -0.39 is 0 Å². The molecule has 0 aromatic heterocycles. The number of nitrogens with one attached hydrogen (secondary N) is 1. The monoisotopic (exact) mass is 337 g/mol. The van der Waals surface area contributed by atoms with Gasteiger partial charge in [0.25, 0.3) is 0 Å². The van der Waals surface area contributed by atoms with Crippen LogP contribution in [0, 0.1) is 11.8 Å². The SMILES string of the molecule is CCCC#Cc1ccc(CONC(=O)Cc2ccc(OC)cc2)cc1. The Morgan fingerprint density at radius 3 is 2.36 bits per heavy atom. The van der Waals surface area contributed by atoms with Gasteiger partial charge in [0.15, 0.2) is 0 Å². The van der Waals surface area contributed by atoms with Crippen molar-refractivity contribution < 1.29 is 14.4 Å². The van der Waals surface area contributed by atoms with E-state index in [2.05, 4.69) is 24.2 Å². The van der Waals surface area contributed by atoms with Crippen LogP contribution in [0.3, 0.4) is 0 Å². The minimum absolute atomic E-state index is 0.188. The first-order valence-electron chi connectivity index (χ1n) is 8.32. The molecular weight excluding hydrogens is 314 g/mol. The first-order valence-corrected chi connectivity index (χ1v) is 8.32. The van der Waals surface area contributed by atoms with E-state index in [0.717, 1.165) is 35.3 Å². The number of carbonyl (C=O) groups is 1. The molecule has 130 valence electrons. The third kappa shape index (κ3) is 6.70. The minimum atomic E-state index is -0.188. The fourth-order valence-corrected chi connectivity index (χ4v) is 2.14. The first kappa shape index (κ1) is 18.6. The Bertz CT molecular complexity index is 724. The Hall–Kier alpha value is -2.77. The summed E-state index contributed by atoms with van der Waals surface area (Å²) in [6.45, 7) is 2.43. The van der Waals surface area contributed by atoms with Crippen LogP contribution < -0.4 is 10.2 Å². The van der Waals surface area contributed by atoms with Crippen molar-refractivity contribution in [2.24, 2.45) is 0 Å². The predicted octanol–water partition coefficient (Wildman–Crippen LogP) is 3.64. The van der Waals surface area contributed by atoms with E-state index in [1.165, 1.54) is 0 Å². The zero-order valence-corrected chi connectivity index (χ0v) is 14.7. The van der Waals surface area contributed by atoms with Crippen LogP contribution in [0.25, 0.3) is 0 Å². The van der Waals surface area contributed by atoms with E-state index in [1.54, 1.807) is 7.11 Å². The molecule has 0 atom stereocenters. The largest absolute Gasteiger partial charge is 0.497 e. The summed E-state index contributed by atoms with van der Waals surface area (Å²) in [7, 11) is 1.61. The second-order valence-electron chi connectivity index (χ2n) is 5.59.